The van der Waals surface area contributed by atoms with Crippen LogP contribution in [0.15, 0.2) is 0 Å². The summed E-state index contributed by atoms with van der Waals surface area (Å²) in [6.45, 7) is 0. The van der Waals surface area contributed by atoms with Crippen molar-refractivity contribution < 1.29 is 35.7 Å². The molecule has 0 saturated carbocycles. The van der Waals surface area contributed by atoms with E-state index in [1.54, 1.807) is 0 Å². The van der Waals surface area contributed by atoms with Gasteiger partial charge in [0.2, 0.25) is 5.82 Å². The fourth-order valence-electron chi connectivity index (χ4n) is 0.877. The Morgan fingerprint density at radius 2 is 1.06 bits per heavy atom. The summed E-state index contributed by atoms with van der Waals surface area (Å²) < 4.78 is 86.0. The Morgan fingerprint density at radius 1 is 0.750 bits per heavy atom. The van der Waals surface area contributed by atoms with Gasteiger partial charge in [-0.3, -0.25) is 4.79 Å². The van der Waals surface area contributed by atoms with Gasteiger partial charge in [-0.15, -0.1) is 0 Å². The first kappa shape index (κ1) is 12.3. The molecule has 1 amide bonds. The van der Waals surface area contributed by atoms with E-state index in [2.05, 4.69) is 0 Å². The second-order valence-electron chi connectivity index (χ2n) is 2.48. The predicted molar refractivity (Wildman–Crippen MR) is 34.6 cm³/mol. The summed E-state index contributed by atoms with van der Waals surface area (Å²) in [4.78, 5) is 10.4. The fraction of sp³-hybridized carbons (Fsp3) is 0. The number of amides is 1. The molecular weight excluding hydrogens is 247 g/mol. The zero-order chi connectivity index (χ0) is 12.6. The molecule has 0 heterocycles. The molecule has 0 fully saturated rings. The Labute approximate surface area is 82.7 Å². The third-order valence-corrected chi connectivity index (χ3v) is 1.58. The van der Waals surface area contributed by atoms with Crippen molar-refractivity contribution in [3.63, 3.8) is 0 Å². The van der Waals surface area contributed by atoms with E-state index in [0.29, 0.717) is 0 Å². The van der Waals surface area contributed by atoms with Crippen LogP contribution in [0.1, 0.15) is 10.4 Å². The SMILES string of the molecule is O=C(c1c(F)c(F)c(F)c(F)c1F)N(F)F. The molecule has 1 aromatic carbocycles. The Kier molecular flexibility index (Phi) is 3.06. The molecule has 0 unspecified atom stereocenters. The molecule has 0 atom stereocenters. The molecule has 9 heteroatoms. The van der Waals surface area contributed by atoms with Crippen LogP contribution >= 0.6 is 0 Å². The van der Waals surface area contributed by atoms with Gasteiger partial charge in [0, 0.05) is 5.34 Å². The lowest BCUT2D eigenvalue weighted by molar-refractivity contribution is -0.109. The van der Waals surface area contributed by atoms with Crippen LogP contribution in [0.2, 0.25) is 0 Å². The molecule has 2 nitrogen and oxygen atoms in total. The van der Waals surface area contributed by atoms with E-state index in [4.69, 9.17) is 0 Å². The van der Waals surface area contributed by atoms with Crippen LogP contribution in [0.4, 0.5) is 30.9 Å². The zero-order valence-corrected chi connectivity index (χ0v) is 7.00. The molecule has 0 radical (unpaired) electrons. The summed E-state index contributed by atoms with van der Waals surface area (Å²) in [5.41, 5.74) is -2.21. The molecule has 0 bridgehead atoms. The van der Waals surface area contributed by atoms with Crippen molar-refractivity contribution in [2.45, 2.75) is 0 Å². The maximum Gasteiger partial charge on any atom is 0.320 e. The normalized spacial score (nSPS) is 10.4. The van der Waals surface area contributed by atoms with Gasteiger partial charge >= 0.3 is 5.91 Å². The molecular formula is C7F7NO. The molecule has 88 valence electrons. The van der Waals surface area contributed by atoms with E-state index >= 15 is 0 Å². The quantitative estimate of drug-likeness (QED) is 0.323. The summed E-state index contributed by atoms with van der Waals surface area (Å²) in [5.74, 6) is -15.3. The van der Waals surface area contributed by atoms with Crippen LogP contribution in [0, 0.1) is 29.1 Å². The average Bonchev–Trinajstić information content (AvgIpc) is 2.23. The van der Waals surface area contributed by atoms with Crippen LogP contribution in [0.25, 0.3) is 0 Å². The smallest absolute Gasteiger partial charge is 0.263 e. The number of carbonyl (C=O) groups excluding carboxylic acids is 1. The van der Waals surface area contributed by atoms with Gasteiger partial charge in [-0.1, -0.05) is 8.96 Å². The van der Waals surface area contributed by atoms with Crippen molar-refractivity contribution in [1.29, 1.82) is 0 Å². The Bertz CT molecular complexity index is 430. The molecule has 0 aliphatic heterocycles. The zero-order valence-electron chi connectivity index (χ0n) is 7.00. The summed E-state index contributed by atoms with van der Waals surface area (Å²) in [7, 11) is 0. The van der Waals surface area contributed by atoms with E-state index < -0.39 is 45.9 Å². The second kappa shape index (κ2) is 3.99. The Morgan fingerprint density at radius 3 is 1.38 bits per heavy atom. The summed E-state index contributed by atoms with van der Waals surface area (Å²) in [5, 5.41) is -2.29. The van der Waals surface area contributed by atoms with Gasteiger partial charge in [0.15, 0.2) is 23.3 Å². The van der Waals surface area contributed by atoms with Gasteiger partial charge < -0.3 is 0 Å². The molecule has 16 heavy (non-hydrogen) atoms. The van der Waals surface area contributed by atoms with Crippen molar-refractivity contribution in [1.82, 2.24) is 5.34 Å². The van der Waals surface area contributed by atoms with Gasteiger partial charge in [0.05, 0.1) is 0 Å². The fourth-order valence-corrected chi connectivity index (χ4v) is 0.877. The van der Waals surface area contributed by atoms with Crippen LogP contribution in [0.3, 0.4) is 0 Å². The molecule has 0 spiro atoms. The van der Waals surface area contributed by atoms with Gasteiger partial charge in [0.1, 0.15) is 5.56 Å². The number of benzene rings is 1. The van der Waals surface area contributed by atoms with E-state index in [-0.39, 0.29) is 0 Å². The topological polar surface area (TPSA) is 20.3 Å². The maximum atomic E-state index is 12.7. The Balaban J connectivity index is 3.58. The van der Waals surface area contributed by atoms with Crippen molar-refractivity contribution >= 4 is 5.91 Å². The largest absolute Gasteiger partial charge is 0.320 e. The average molecular weight is 247 g/mol. The van der Waals surface area contributed by atoms with E-state index in [9.17, 15) is 35.7 Å². The van der Waals surface area contributed by atoms with Crippen molar-refractivity contribution in [2.24, 2.45) is 0 Å². The minimum absolute atomic E-state index is 2.21. The number of nitrogens with zero attached hydrogens (tertiary/aromatic N) is 1. The predicted octanol–water partition coefficient (Wildman–Crippen LogP) is 2.59. The molecule has 0 aliphatic carbocycles. The standard InChI is InChI=1S/C7F7NO/c8-2-1(7(16)15(13)14)3(9)5(11)6(12)4(2)10. The maximum absolute atomic E-state index is 12.7. The molecule has 0 aromatic heterocycles. The molecule has 0 saturated heterocycles. The molecule has 0 aliphatic rings. The minimum Gasteiger partial charge on any atom is -0.263 e. The van der Waals surface area contributed by atoms with Gasteiger partial charge in [0.25, 0.3) is 0 Å². The van der Waals surface area contributed by atoms with E-state index in [1.807, 2.05) is 0 Å². The number of rotatable bonds is 1. The van der Waals surface area contributed by atoms with Crippen LogP contribution in [-0.4, -0.2) is 11.3 Å². The minimum atomic E-state index is -2.63. The lowest BCUT2D eigenvalue weighted by atomic mass is 10.1. The molecule has 1 aromatic rings. The van der Waals surface area contributed by atoms with E-state index in [1.165, 1.54) is 0 Å². The first-order chi connectivity index (χ1) is 7.29. The van der Waals surface area contributed by atoms with E-state index in [0.717, 1.165) is 0 Å². The number of hydrogen-bond donors (Lipinski definition) is 0. The Hall–Kier alpha value is -1.80. The highest BCUT2D eigenvalue weighted by Gasteiger charge is 2.32. The monoisotopic (exact) mass is 247 g/mol. The second-order valence-corrected chi connectivity index (χ2v) is 2.48. The van der Waals surface area contributed by atoms with Crippen LogP contribution in [-0.2, 0) is 0 Å². The third-order valence-electron chi connectivity index (χ3n) is 1.58. The van der Waals surface area contributed by atoms with Crippen molar-refractivity contribution in [3.05, 3.63) is 34.6 Å². The van der Waals surface area contributed by atoms with Crippen LogP contribution < -0.4 is 0 Å². The molecule has 0 N–H and O–H groups in total. The summed E-state index contributed by atoms with van der Waals surface area (Å²) in [6.07, 6.45) is 0. The first-order valence-electron chi connectivity index (χ1n) is 3.46. The highest BCUT2D eigenvalue weighted by atomic mass is 19.4. The first-order valence-corrected chi connectivity index (χ1v) is 3.46. The number of hydrogen-bond acceptors (Lipinski definition) is 1. The van der Waals surface area contributed by atoms with Crippen LogP contribution in [0.5, 0.6) is 0 Å². The summed E-state index contributed by atoms with van der Waals surface area (Å²) in [6, 6.07) is 0. The highest BCUT2D eigenvalue weighted by molar-refractivity contribution is 5.93. The lowest BCUT2D eigenvalue weighted by Crippen LogP contribution is -2.20. The third kappa shape index (κ3) is 1.68. The number of halogens is 7. The van der Waals surface area contributed by atoms with Gasteiger partial charge in [-0.2, -0.15) is 0 Å². The lowest BCUT2D eigenvalue weighted by Gasteiger charge is -2.06. The van der Waals surface area contributed by atoms with Crippen molar-refractivity contribution in [2.75, 3.05) is 0 Å². The van der Waals surface area contributed by atoms with Gasteiger partial charge in [-0.25, -0.2) is 22.0 Å². The van der Waals surface area contributed by atoms with Gasteiger partial charge in [-0.05, 0) is 0 Å². The highest BCUT2D eigenvalue weighted by Crippen LogP contribution is 2.24. The summed E-state index contributed by atoms with van der Waals surface area (Å²) >= 11 is 0. The number of carbonyl (C=O) groups is 1. The van der Waals surface area contributed by atoms with Crippen molar-refractivity contribution in [3.8, 4) is 0 Å². The molecule has 1 rings (SSSR count).